The minimum Gasteiger partial charge on any atom is -0.258 e. The Morgan fingerprint density at radius 3 is 2.29 bits per heavy atom. The fourth-order valence-corrected chi connectivity index (χ4v) is 1.50. The average molecular weight is 261 g/mol. The SMILES string of the molecule is O=[N+]([O-])c1cccc(CBr)c1[N+](=O)[O-]. The maximum Gasteiger partial charge on any atom is 0.350 e. The van der Waals surface area contributed by atoms with Gasteiger partial charge in [-0.15, -0.1) is 0 Å². The summed E-state index contributed by atoms with van der Waals surface area (Å²) in [6, 6.07) is 4.01. The highest BCUT2D eigenvalue weighted by atomic mass is 79.9. The first-order valence-electron chi connectivity index (χ1n) is 3.54. The van der Waals surface area contributed by atoms with E-state index in [1.165, 1.54) is 12.1 Å². The van der Waals surface area contributed by atoms with Crippen LogP contribution in [-0.2, 0) is 5.33 Å². The van der Waals surface area contributed by atoms with Crippen LogP contribution in [-0.4, -0.2) is 9.85 Å². The molecule has 0 amide bonds. The second kappa shape index (κ2) is 4.14. The number of hydrogen-bond acceptors (Lipinski definition) is 4. The maximum absolute atomic E-state index is 10.6. The topological polar surface area (TPSA) is 86.3 Å². The number of nitrogens with zero attached hydrogens (tertiary/aromatic N) is 2. The Bertz CT molecular complexity index is 393. The quantitative estimate of drug-likeness (QED) is 0.474. The molecule has 0 aliphatic heterocycles. The van der Waals surface area contributed by atoms with Gasteiger partial charge in [-0.3, -0.25) is 20.2 Å². The van der Waals surface area contributed by atoms with Crippen molar-refractivity contribution in [3.05, 3.63) is 44.0 Å². The molecule has 74 valence electrons. The fraction of sp³-hybridized carbons (Fsp3) is 0.143. The summed E-state index contributed by atoms with van der Waals surface area (Å²) >= 11 is 3.03. The Morgan fingerprint density at radius 1 is 1.21 bits per heavy atom. The summed E-state index contributed by atoms with van der Waals surface area (Å²) in [7, 11) is 0. The Hall–Kier alpha value is -1.50. The lowest BCUT2D eigenvalue weighted by Crippen LogP contribution is -1.99. The molecule has 0 fully saturated rings. The third-order valence-electron chi connectivity index (χ3n) is 1.62. The largest absolute Gasteiger partial charge is 0.350 e. The van der Waals surface area contributed by atoms with Gasteiger partial charge in [-0.2, -0.15) is 0 Å². The van der Waals surface area contributed by atoms with E-state index >= 15 is 0 Å². The van der Waals surface area contributed by atoms with Crippen molar-refractivity contribution in [1.82, 2.24) is 0 Å². The lowest BCUT2D eigenvalue weighted by atomic mass is 10.2. The van der Waals surface area contributed by atoms with Gasteiger partial charge < -0.3 is 0 Å². The second-order valence-corrected chi connectivity index (χ2v) is 2.99. The smallest absolute Gasteiger partial charge is 0.258 e. The highest BCUT2D eigenvalue weighted by Crippen LogP contribution is 2.31. The van der Waals surface area contributed by atoms with Crippen molar-refractivity contribution in [1.29, 1.82) is 0 Å². The first-order chi connectivity index (χ1) is 6.57. The van der Waals surface area contributed by atoms with Gasteiger partial charge in [0.1, 0.15) is 0 Å². The van der Waals surface area contributed by atoms with E-state index in [1.54, 1.807) is 0 Å². The van der Waals surface area contributed by atoms with Crippen LogP contribution in [0.25, 0.3) is 0 Å². The van der Waals surface area contributed by atoms with E-state index in [9.17, 15) is 20.2 Å². The molecule has 0 saturated heterocycles. The molecule has 1 aromatic rings. The number of benzene rings is 1. The van der Waals surface area contributed by atoms with Crippen LogP contribution in [0.3, 0.4) is 0 Å². The zero-order valence-corrected chi connectivity index (χ0v) is 8.43. The van der Waals surface area contributed by atoms with Gasteiger partial charge in [0, 0.05) is 17.0 Å². The first kappa shape index (κ1) is 10.6. The van der Waals surface area contributed by atoms with Gasteiger partial charge in [0.15, 0.2) is 0 Å². The van der Waals surface area contributed by atoms with E-state index in [-0.39, 0.29) is 5.33 Å². The lowest BCUT2D eigenvalue weighted by molar-refractivity contribution is -0.422. The number of hydrogen-bond donors (Lipinski definition) is 0. The summed E-state index contributed by atoms with van der Waals surface area (Å²) in [5, 5.41) is 21.3. The van der Waals surface area contributed by atoms with Gasteiger partial charge in [-0.25, -0.2) is 0 Å². The molecule has 0 N–H and O–H groups in total. The van der Waals surface area contributed by atoms with Crippen LogP contribution in [0.5, 0.6) is 0 Å². The van der Waals surface area contributed by atoms with Crippen molar-refractivity contribution >= 4 is 27.3 Å². The molecule has 0 unspecified atom stereocenters. The molecular formula is C7H5BrN2O4. The van der Waals surface area contributed by atoms with Crippen LogP contribution < -0.4 is 0 Å². The highest BCUT2D eigenvalue weighted by molar-refractivity contribution is 9.08. The van der Waals surface area contributed by atoms with Gasteiger partial charge in [0.25, 0.3) is 0 Å². The molecule has 0 aliphatic rings. The standard InChI is InChI=1S/C7H5BrN2O4/c8-4-5-2-1-3-6(9(11)12)7(5)10(13)14/h1-3H,4H2. The van der Waals surface area contributed by atoms with Crippen molar-refractivity contribution in [2.24, 2.45) is 0 Å². The van der Waals surface area contributed by atoms with Crippen molar-refractivity contribution in [2.75, 3.05) is 0 Å². The normalized spacial score (nSPS) is 9.79. The van der Waals surface area contributed by atoms with Crippen molar-refractivity contribution in [3.8, 4) is 0 Å². The predicted octanol–water partition coefficient (Wildman–Crippen LogP) is 2.40. The number of nitro groups is 2. The Kier molecular flexibility index (Phi) is 3.13. The summed E-state index contributed by atoms with van der Waals surface area (Å²) in [5.41, 5.74) is -0.634. The molecule has 0 atom stereocenters. The van der Waals surface area contributed by atoms with E-state index in [1.807, 2.05) is 0 Å². The lowest BCUT2D eigenvalue weighted by Gasteiger charge is -1.98. The molecule has 1 rings (SSSR count). The summed E-state index contributed by atoms with van der Waals surface area (Å²) in [5.74, 6) is 0. The zero-order chi connectivity index (χ0) is 10.7. The molecule has 0 saturated carbocycles. The fourth-order valence-electron chi connectivity index (χ4n) is 1.04. The van der Waals surface area contributed by atoms with Gasteiger partial charge in [0.05, 0.1) is 9.85 Å². The summed E-state index contributed by atoms with van der Waals surface area (Å²) in [6.07, 6.45) is 0. The van der Waals surface area contributed by atoms with Crippen LogP contribution >= 0.6 is 15.9 Å². The van der Waals surface area contributed by atoms with E-state index in [0.717, 1.165) is 6.07 Å². The third kappa shape index (κ3) is 1.87. The van der Waals surface area contributed by atoms with Crippen LogP contribution in [0.15, 0.2) is 18.2 Å². The molecule has 0 aromatic heterocycles. The van der Waals surface area contributed by atoms with Gasteiger partial charge in [-0.05, 0) is 0 Å². The van der Waals surface area contributed by atoms with Crippen molar-refractivity contribution in [2.45, 2.75) is 5.33 Å². The molecule has 0 bridgehead atoms. The zero-order valence-electron chi connectivity index (χ0n) is 6.84. The molecule has 0 spiro atoms. The Morgan fingerprint density at radius 2 is 1.86 bits per heavy atom. The molecule has 1 aromatic carbocycles. The van der Waals surface area contributed by atoms with E-state index in [4.69, 9.17) is 0 Å². The molecule has 6 nitrogen and oxygen atoms in total. The monoisotopic (exact) mass is 260 g/mol. The highest BCUT2D eigenvalue weighted by Gasteiger charge is 2.26. The number of halogens is 1. The number of para-hydroxylation sites is 1. The number of alkyl halides is 1. The number of nitro benzene ring substituents is 2. The molecule has 14 heavy (non-hydrogen) atoms. The third-order valence-corrected chi connectivity index (χ3v) is 2.23. The summed E-state index contributed by atoms with van der Waals surface area (Å²) in [6.45, 7) is 0. The molecular weight excluding hydrogens is 256 g/mol. The minimum absolute atomic E-state index is 0.213. The van der Waals surface area contributed by atoms with Gasteiger partial charge >= 0.3 is 11.4 Å². The number of rotatable bonds is 3. The van der Waals surface area contributed by atoms with Crippen molar-refractivity contribution in [3.63, 3.8) is 0 Å². The van der Waals surface area contributed by atoms with E-state index in [0.29, 0.717) is 5.56 Å². The Balaban J connectivity index is 3.43. The molecule has 0 radical (unpaired) electrons. The summed E-state index contributed by atoms with van der Waals surface area (Å²) in [4.78, 5) is 19.6. The van der Waals surface area contributed by atoms with E-state index < -0.39 is 21.2 Å². The van der Waals surface area contributed by atoms with Crippen molar-refractivity contribution < 1.29 is 9.85 Å². The molecule has 7 heteroatoms. The van der Waals surface area contributed by atoms with Crippen LogP contribution in [0, 0.1) is 20.2 Å². The molecule has 0 aliphatic carbocycles. The van der Waals surface area contributed by atoms with Crippen LogP contribution in [0.4, 0.5) is 11.4 Å². The second-order valence-electron chi connectivity index (χ2n) is 2.43. The first-order valence-corrected chi connectivity index (χ1v) is 4.66. The maximum atomic E-state index is 10.6. The summed E-state index contributed by atoms with van der Waals surface area (Å²) < 4.78 is 0. The van der Waals surface area contributed by atoms with E-state index in [2.05, 4.69) is 15.9 Å². The Labute approximate surface area is 87.0 Å². The predicted molar refractivity (Wildman–Crippen MR) is 52.4 cm³/mol. The molecule has 0 heterocycles. The van der Waals surface area contributed by atoms with Gasteiger partial charge in [-0.1, -0.05) is 28.1 Å². The van der Waals surface area contributed by atoms with Crippen LogP contribution in [0.1, 0.15) is 5.56 Å². The van der Waals surface area contributed by atoms with Gasteiger partial charge in [0.2, 0.25) is 0 Å². The van der Waals surface area contributed by atoms with Crippen LogP contribution in [0.2, 0.25) is 0 Å². The average Bonchev–Trinajstić information content (AvgIpc) is 2.16. The minimum atomic E-state index is -0.760.